The smallest absolute Gasteiger partial charge is 0.272 e. The standard InChI is InChI=1S/C18H14ClF3N2O3/c19-9-1-4-13(15(5-9)27-8-16(21)22)24-18(26)12-7-17(25)23-14-6-10(20)2-3-11(12)14/h1-6,12,16H,7-8H2,(H,23,25)(H,24,26). The molecule has 2 N–H and O–H groups in total. The Labute approximate surface area is 157 Å². The van der Waals surface area contributed by atoms with Crippen LogP contribution in [0.25, 0.3) is 0 Å². The summed E-state index contributed by atoms with van der Waals surface area (Å²) in [6, 6.07) is 7.92. The number of carbonyl (C=O) groups is 2. The van der Waals surface area contributed by atoms with Gasteiger partial charge in [-0.25, -0.2) is 13.2 Å². The number of amides is 2. The average molecular weight is 399 g/mol. The molecule has 1 unspecified atom stereocenters. The number of hydrogen-bond acceptors (Lipinski definition) is 3. The lowest BCUT2D eigenvalue weighted by Gasteiger charge is -2.25. The molecule has 1 heterocycles. The Kier molecular flexibility index (Phi) is 5.55. The molecular weight excluding hydrogens is 385 g/mol. The number of alkyl halides is 2. The highest BCUT2D eigenvalue weighted by Crippen LogP contribution is 2.35. The lowest BCUT2D eigenvalue weighted by molar-refractivity contribution is -0.123. The van der Waals surface area contributed by atoms with Gasteiger partial charge in [0.2, 0.25) is 11.8 Å². The summed E-state index contributed by atoms with van der Waals surface area (Å²) >= 11 is 5.85. The molecule has 1 atom stereocenters. The van der Waals surface area contributed by atoms with E-state index >= 15 is 0 Å². The highest BCUT2D eigenvalue weighted by molar-refractivity contribution is 6.30. The van der Waals surface area contributed by atoms with Crippen LogP contribution in [0, 0.1) is 5.82 Å². The molecule has 5 nitrogen and oxygen atoms in total. The van der Waals surface area contributed by atoms with Crippen LogP contribution in [-0.2, 0) is 9.59 Å². The van der Waals surface area contributed by atoms with E-state index in [0.717, 1.165) is 6.07 Å². The van der Waals surface area contributed by atoms with Gasteiger partial charge in [-0.2, -0.15) is 0 Å². The van der Waals surface area contributed by atoms with Crippen molar-refractivity contribution in [2.24, 2.45) is 0 Å². The van der Waals surface area contributed by atoms with E-state index in [4.69, 9.17) is 16.3 Å². The number of carbonyl (C=O) groups excluding carboxylic acids is 2. The number of nitrogens with one attached hydrogen (secondary N) is 2. The molecule has 1 aliphatic heterocycles. The van der Waals surface area contributed by atoms with Crippen LogP contribution in [-0.4, -0.2) is 24.8 Å². The van der Waals surface area contributed by atoms with Gasteiger partial charge >= 0.3 is 0 Å². The van der Waals surface area contributed by atoms with Crippen molar-refractivity contribution >= 4 is 34.8 Å². The summed E-state index contributed by atoms with van der Waals surface area (Å²) in [6.45, 7) is -0.864. The zero-order valence-electron chi connectivity index (χ0n) is 13.8. The fourth-order valence-corrected chi connectivity index (χ4v) is 2.92. The quantitative estimate of drug-likeness (QED) is 0.793. The van der Waals surface area contributed by atoms with Crippen LogP contribution in [0.3, 0.4) is 0 Å². The molecule has 0 radical (unpaired) electrons. The third kappa shape index (κ3) is 4.51. The van der Waals surface area contributed by atoms with Crippen molar-refractivity contribution in [3.05, 3.63) is 52.8 Å². The van der Waals surface area contributed by atoms with Gasteiger partial charge in [0.05, 0.1) is 11.6 Å². The fourth-order valence-electron chi connectivity index (χ4n) is 2.76. The number of rotatable bonds is 5. The molecule has 9 heteroatoms. The third-order valence-electron chi connectivity index (χ3n) is 3.94. The van der Waals surface area contributed by atoms with Gasteiger partial charge in [0.15, 0.2) is 0 Å². The molecule has 142 valence electrons. The van der Waals surface area contributed by atoms with Crippen molar-refractivity contribution in [3.8, 4) is 5.75 Å². The van der Waals surface area contributed by atoms with Crippen LogP contribution >= 0.6 is 11.6 Å². The van der Waals surface area contributed by atoms with Crippen molar-refractivity contribution in [3.63, 3.8) is 0 Å². The Morgan fingerprint density at radius 3 is 2.81 bits per heavy atom. The molecule has 27 heavy (non-hydrogen) atoms. The predicted octanol–water partition coefficient (Wildman–Crippen LogP) is 4.19. The average Bonchev–Trinajstić information content (AvgIpc) is 2.60. The summed E-state index contributed by atoms with van der Waals surface area (Å²) in [6.07, 6.45) is -2.83. The Bertz CT molecular complexity index is 892. The SMILES string of the molecule is O=C1CC(C(=O)Nc2ccc(Cl)cc2OCC(F)F)c2ccc(F)cc2N1. The minimum absolute atomic E-state index is 0.0178. The molecule has 2 aromatic rings. The maximum Gasteiger partial charge on any atom is 0.272 e. The van der Waals surface area contributed by atoms with E-state index in [9.17, 15) is 22.8 Å². The molecule has 3 rings (SSSR count). The highest BCUT2D eigenvalue weighted by atomic mass is 35.5. The van der Waals surface area contributed by atoms with Crippen LogP contribution in [0.15, 0.2) is 36.4 Å². The van der Waals surface area contributed by atoms with Gasteiger partial charge in [0.1, 0.15) is 18.2 Å². The van der Waals surface area contributed by atoms with E-state index in [0.29, 0.717) is 5.56 Å². The Hall–Kier alpha value is -2.74. The van der Waals surface area contributed by atoms with Crippen molar-refractivity contribution < 1.29 is 27.5 Å². The summed E-state index contributed by atoms with van der Waals surface area (Å²) in [4.78, 5) is 24.6. The van der Waals surface area contributed by atoms with Crippen LogP contribution in [0.1, 0.15) is 17.9 Å². The van der Waals surface area contributed by atoms with Crippen molar-refractivity contribution in [2.45, 2.75) is 18.8 Å². The van der Waals surface area contributed by atoms with Gasteiger partial charge in [-0.15, -0.1) is 0 Å². The molecule has 0 saturated carbocycles. The second-order valence-corrected chi connectivity index (χ2v) is 6.30. The highest BCUT2D eigenvalue weighted by Gasteiger charge is 2.31. The first kappa shape index (κ1) is 19.0. The van der Waals surface area contributed by atoms with E-state index in [1.807, 2.05) is 0 Å². The van der Waals surface area contributed by atoms with Crippen LogP contribution < -0.4 is 15.4 Å². The summed E-state index contributed by atoms with van der Waals surface area (Å²) in [5.74, 6) is -2.42. The minimum Gasteiger partial charge on any atom is -0.485 e. The summed E-state index contributed by atoms with van der Waals surface area (Å²) in [5.41, 5.74) is 0.814. The third-order valence-corrected chi connectivity index (χ3v) is 4.17. The van der Waals surface area contributed by atoms with Gasteiger partial charge in [-0.05, 0) is 29.8 Å². The second-order valence-electron chi connectivity index (χ2n) is 5.87. The number of ether oxygens (including phenoxy) is 1. The maximum absolute atomic E-state index is 13.4. The van der Waals surface area contributed by atoms with Crippen LogP contribution in [0.2, 0.25) is 5.02 Å². The molecule has 0 spiro atoms. The second kappa shape index (κ2) is 7.87. The maximum atomic E-state index is 13.4. The number of benzene rings is 2. The number of fused-ring (bicyclic) bond motifs is 1. The Balaban J connectivity index is 1.85. The van der Waals surface area contributed by atoms with Crippen LogP contribution in [0.5, 0.6) is 5.75 Å². The molecule has 1 aliphatic rings. The van der Waals surface area contributed by atoms with Gasteiger partial charge in [0, 0.05) is 23.2 Å². The van der Waals surface area contributed by atoms with E-state index in [1.165, 1.54) is 30.3 Å². The largest absolute Gasteiger partial charge is 0.485 e. The first-order chi connectivity index (χ1) is 12.8. The van der Waals surface area contributed by atoms with E-state index < -0.39 is 36.6 Å². The van der Waals surface area contributed by atoms with Gasteiger partial charge < -0.3 is 15.4 Å². The van der Waals surface area contributed by atoms with Crippen molar-refractivity contribution in [2.75, 3.05) is 17.2 Å². The normalized spacial score (nSPS) is 15.9. The number of halogens is 4. The summed E-state index contributed by atoms with van der Waals surface area (Å²) < 4.78 is 43.2. The zero-order chi connectivity index (χ0) is 19.6. The van der Waals surface area contributed by atoms with Gasteiger partial charge in [-0.1, -0.05) is 17.7 Å². The first-order valence-electron chi connectivity index (χ1n) is 7.94. The molecule has 0 saturated heterocycles. The molecule has 0 aliphatic carbocycles. The number of anilines is 2. The monoisotopic (exact) mass is 398 g/mol. The number of hydrogen-bond donors (Lipinski definition) is 2. The Morgan fingerprint density at radius 1 is 1.30 bits per heavy atom. The molecule has 2 amide bonds. The zero-order valence-corrected chi connectivity index (χ0v) is 14.5. The molecule has 0 fully saturated rings. The summed E-state index contributed by atoms with van der Waals surface area (Å²) in [5, 5.41) is 5.33. The molecule has 2 aromatic carbocycles. The lowest BCUT2D eigenvalue weighted by atomic mass is 9.89. The van der Waals surface area contributed by atoms with E-state index in [-0.39, 0.29) is 28.6 Å². The van der Waals surface area contributed by atoms with Gasteiger partial charge in [-0.3, -0.25) is 9.59 Å². The minimum atomic E-state index is -2.70. The molecular formula is C18H14ClF3N2O3. The van der Waals surface area contributed by atoms with E-state index in [2.05, 4.69) is 10.6 Å². The predicted molar refractivity (Wildman–Crippen MR) is 94.0 cm³/mol. The molecule has 0 aromatic heterocycles. The lowest BCUT2D eigenvalue weighted by Crippen LogP contribution is -2.31. The Morgan fingerprint density at radius 2 is 2.07 bits per heavy atom. The van der Waals surface area contributed by atoms with Crippen LogP contribution in [0.4, 0.5) is 24.5 Å². The van der Waals surface area contributed by atoms with E-state index in [1.54, 1.807) is 0 Å². The topological polar surface area (TPSA) is 67.4 Å². The fraction of sp³-hybridized carbons (Fsp3) is 0.222. The first-order valence-corrected chi connectivity index (χ1v) is 8.32. The summed E-state index contributed by atoms with van der Waals surface area (Å²) in [7, 11) is 0. The van der Waals surface area contributed by atoms with Crippen molar-refractivity contribution in [1.82, 2.24) is 0 Å². The molecule has 0 bridgehead atoms. The van der Waals surface area contributed by atoms with Crippen molar-refractivity contribution in [1.29, 1.82) is 0 Å². The van der Waals surface area contributed by atoms with Gasteiger partial charge in [0.25, 0.3) is 6.43 Å².